The molecular formula is C46H90O8S4. The van der Waals surface area contributed by atoms with Gasteiger partial charge in [-0.3, -0.25) is 26.4 Å². The van der Waals surface area contributed by atoms with E-state index >= 15 is 0 Å². The highest BCUT2D eigenvalue weighted by atomic mass is 32.2. The van der Waals surface area contributed by atoms with E-state index in [1.807, 2.05) is 27.7 Å². The maximum Gasteiger partial charge on any atom is 0.305 e. The van der Waals surface area contributed by atoms with E-state index < -0.39 is 43.2 Å². The zero-order chi connectivity index (χ0) is 43.4. The van der Waals surface area contributed by atoms with Crippen LogP contribution in [0.1, 0.15) is 214 Å². The Kier molecular flexibility index (Phi) is 39.1. The van der Waals surface area contributed by atoms with E-state index in [1.165, 1.54) is 33.5 Å². The van der Waals surface area contributed by atoms with Crippen molar-refractivity contribution in [2.75, 3.05) is 37.2 Å². The zero-order valence-corrected chi connectivity index (χ0v) is 41.7. The largest absolute Gasteiger partial charge is 0.469 e. The van der Waals surface area contributed by atoms with E-state index in [-0.39, 0.29) is 32.9 Å². The molecule has 0 bridgehead atoms. The van der Waals surface area contributed by atoms with Gasteiger partial charge < -0.3 is 9.47 Å². The lowest BCUT2D eigenvalue weighted by Gasteiger charge is -2.25. The van der Waals surface area contributed by atoms with Gasteiger partial charge in [-0.05, 0) is 70.1 Å². The van der Waals surface area contributed by atoms with Gasteiger partial charge in [0.25, 0.3) is 0 Å². The molecule has 0 fully saturated rings. The highest BCUT2D eigenvalue weighted by molar-refractivity contribution is 7.86. The van der Waals surface area contributed by atoms with Crippen LogP contribution in [0.25, 0.3) is 0 Å². The summed E-state index contributed by atoms with van der Waals surface area (Å²) in [4.78, 5) is 23.0. The van der Waals surface area contributed by atoms with Crippen molar-refractivity contribution >= 4 is 55.1 Å². The molecule has 0 rings (SSSR count). The van der Waals surface area contributed by atoms with Gasteiger partial charge in [0, 0.05) is 100 Å². The molecule has 0 aliphatic carbocycles. The number of carbonyl (C=O) groups is 2. The number of unbranched alkanes of at least 4 members (excludes halogenated alkanes) is 11. The van der Waals surface area contributed by atoms with E-state index in [2.05, 4.69) is 6.92 Å². The number of esters is 2. The van der Waals surface area contributed by atoms with Crippen molar-refractivity contribution in [2.24, 2.45) is 5.92 Å². The van der Waals surface area contributed by atoms with Crippen molar-refractivity contribution in [3.8, 4) is 0 Å². The fourth-order valence-electron chi connectivity index (χ4n) is 8.25. The second-order valence-electron chi connectivity index (χ2n) is 16.3. The van der Waals surface area contributed by atoms with Gasteiger partial charge >= 0.3 is 11.9 Å². The van der Waals surface area contributed by atoms with Gasteiger partial charge in [-0.25, -0.2) is 0 Å². The first kappa shape index (κ1) is 57.5. The molecule has 0 saturated heterocycles. The Morgan fingerprint density at radius 1 is 0.379 bits per heavy atom. The Hall–Kier alpha value is -0.460. The normalized spacial score (nSPS) is 16.5. The van der Waals surface area contributed by atoms with Crippen LogP contribution in [0.4, 0.5) is 0 Å². The molecule has 0 N–H and O–H groups in total. The molecule has 0 radical (unpaired) electrons. The molecule has 0 aliphatic heterocycles. The van der Waals surface area contributed by atoms with Gasteiger partial charge in [-0.1, -0.05) is 137 Å². The minimum absolute atomic E-state index is 0.123. The summed E-state index contributed by atoms with van der Waals surface area (Å²) in [6, 6.07) is 0. The number of carbonyl (C=O) groups excluding carboxylic acids is 2. The summed E-state index contributed by atoms with van der Waals surface area (Å²) in [6.45, 7) is 10.3. The van der Waals surface area contributed by atoms with Crippen LogP contribution in [0.5, 0.6) is 0 Å². The lowest BCUT2D eigenvalue weighted by Crippen LogP contribution is -2.25. The third-order valence-corrected chi connectivity index (χ3v) is 19.1. The molecule has 0 amide bonds. The molecular weight excluding hydrogens is 809 g/mol. The van der Waals surface area contributed by atoms with Crippen LogP contribution in [0.3, 0.4) is 0 Å². The fraction of sp³-hybridized carbons (Fsp3) is 0.957. The average Bonchev–Trinajstić information content (AvgIpc) is 3.24. The Bertz CT molecular complexity index is 1120. The van der Waals surface area contributed by atoms with Crippen molar-refractivity contribution in [2.45, 2.75) is 235 Å². The summed E-state index contributed by atoms with van der Waals surface area (Å²) in [6.07, 6.45) is 27.5. The van der Waals surface area contributed by atoms with Crippen molar-refractivity contribution in [1.29, 1.82) is 0 Å². The van der Waals surface area contributed by atoms with Gasteiger partial charge in [-0.2, -0.15) is 0 Å². The summed E-state index contributed by atoms with van der Waals surface area (Å²) < 4.78 is 62.1. The minimum atomic E-state index is -0.908. The molecule has 0 aromatic heterocycles. The predicted molar refractivity (Wildman–Crippen MR) is 252 cm³/mol. The van der Waals surface area contributed by atoms with Crippen LogP contribution in [0, 0.1) is 5.92 Å². The van der Waals surface area contributed by atoms with E-state index in [9.17, 15) is 26.4 Å². The second-order valence-corrected chi connectivity index (χ2v) is 24.3. The molecule has 58 heavy (non-hydrogen) atoms. The maximum atomic E-state index is 13.5. The number of rotatable bonds is 42. The Morgan fingerprint density at radius 3 is 1.12 bits per heavy atom. The maximum absolute atomic E-state index is 13.5. The molecule has 0 aliphatic rings. The molecule has 0 aromatic carbocycles. The van der Waals surface area contributed by atoms with Crippen LogP contribution >= 0.6 is 0 Å². The molecule has 9 atom stereocenters. The van der Waals surface area contributed by atoms with Crippen molar-refractivity contribution in [1.82, 2.24) is 0 Å². The molecule has 0 spiro atoms. The molecule has 12 heteroatoms. The summed E-state index contributed by atoms with van der Waals surface area (Å²) in [5.41, 5.74) is 0. The van der Waals surface area contributed by atoms with Crippen LogP contribution in [-0.2, 0) is 62.3 Å². The lowest BCUT2D eigenvalue weighted by atomic mass is 9.89. The summed E-state index contributed by atoms with van der Waals surface area (Å²) in [5.74, 6) is 2.85. The Labute approximate surface area is 367 Å². The van der Waals surface area contributed by atoms with Gasteiger partial charge in [-0.15, -0.1) is 0 Å². The molecule has 346 valence electrons. The molecule has 0 saturated carbocycles. The number of methoxy groups -OCH3 is 2. The standard InChI is InChI=1S/C46H90O8S4/c1-8-13-14-22-32-43(57(51)11-4)37-38-44(58(52)12-5)39-40(29-21-19-26-36-46(48)54-7)28-20-18-24-31-42(56(50)10-3)34-27-33-41(55(49)9-2)30-23-16-15-17-25-35-45(47)53-6/h40-44H,8-39H2,1-7H3. The van der Waals surface area contributed by atoms with Crippen molar-refractivity contribution < 1.29 is 35.9 Å². The molecule has 0 aromatic rings. The third kappa shape index (κ3) is 29.7. The fourth-order valence-corrected chi connectivity index (χ4v) is 13.6. The highest BCUT2D eigenvalue weighted by Crippen LogP contribution is 2.29. The smallest absolute Gasteiger partial charge is 0.305 e. The number of hydrogen-bond acceptors (Lipinski definition) is 8. The molecule has 8 nitrogen and oxygen atoms in total. The van der Waals surface area contributed by atoms with E-state index in [0.29, 0.717) is 41.8 Å². The Morgan fingerprint density at radius 2 is 0.690 bits per heavy atom. The van der Waals surface area contributed by atoms with Gasteiger partial charge in [0.2, 0.25) is 0 Å². The van der Waals surface area contributed by atoms with Crippen LogP contribution in [0.15, 0.2) is 0 Å². The van der Waals surface area contributed by atoms with E-state index in [1.54, 1.807) is 0 Å². The zero-order valence-electron chi connectivity index (χ0n) is 38.4. The van der Waals surface area contributed by atoms with Crippen LogP contribution in [0.2, 0.25) is 0 Å². The van der Waals surface area contributed by atoms with Crippen LogP contribution < -0.4 is 0 Å². The summed E-state index contributed by atoms with van der Waals surface area (Å²) in [5, 5.41) is 0.695. The number of hydrogen-bond donors (Lipinski definition) is 0. The molecule has 0 heterocycles. The first-order chi connectivity index (χ1) is 28.0. The minimum Gasteiger partial charge on any atom is -0.469 e. The quantitative estimate of drug-likeness (QED) is 0.0439. The van der Waals surface area contributed by atoms with Gasteiger partial charge in [0.15, 0.2) is 0 Å². The third-order valence-electron chi connectivity index (χ3n) is 12.0. The van der Waals surface area contributed by atoms with E-state index in [0.717, 1.165) is 148 Å². The second kappa shape index (κ2) is 39.4. The average molecular weight is 899 g/mol. The first-order valence-corrected chi connectivity index (χ1v) is 29.2. The van der Waals surface area contributed by atoms with Crippen molar-refractivity contribution in [3.63, 3.8) is 0 Å². The highest BCUT2D eigenvalue weighted by Gasteiger charge is 2.25. The summed E-state index contributed by atoms with van der Waals surface area (Å²) in [7, 11) is -0.566. The predicted octanol–water partition coefficient (Wildman–Crippen LogP) is 11.4. The van der Waals surface area contributed by atoms with Gasteiger partial charge in [0.05, 0.1) is 14.2 Å². The van der Waals surface area contributed by atoms with Crippen molar-refractivity contribution in [3.05, 3.63) is 0 Å². The topological polar surface area (TPSA) is 121 Å². The SMILES string of the molecule is CCCCCCC(CCC(CC(CCCCCC(=O)OC)CCCCCC(CCCC(CCCCCCCC(=O)OC)S(=O)CC)S(=O)CC)S(=O)CC)S(=O)CC. The first-order valence-electron chi connectivity index (χ1n) is 23.6. The monoisotopic (exact) mass is 899 g/mol. The summed E-state index contributed by atoms with van der Waals surface area (Å²) >= 11 is 0. The number of ether oxygens (including phenoxy) is 2. The Balaban J connectivity index is 5.28. The van der Waals surface area contributed by atoms with E-state index in [4.69, 9.17) is 9.47 Å². The molecule has 9 unspecified atom stereocenters. The lowest BCUT2D eigenvalue weighted by molar-refractivity contribution is -0.141. The van der Waals surface area contributed by atoms with Gasteiger partial charge in [0.1, 0.15) is 0 Å². The van der Waals surface area contributed by atoms with Crippen LogP contribution in [-0.4, -0.2) is 87.0 Å².